The number of thiazole rings is 1. The number of nitrogens with one attached hydrogen (secondary N) is 1. The van der Waals surface area contributed by atoms with Crippen molar-refractivity contribution >= 4 is 22.5 Å². The molecular formula is C18H14N6S. The molecule has 0 radical (unpaired) electrons. The fourth-order valence-electron chi connectivity index (χ4n) is 3.01. The van der Waals surface area contributed by atoms with Gasteiger partial charge in [0.2, 0.25) is 0 Å². The first-order valence-electron chi connectivity index (χ1n) is 7.87. The zero-order chi connectivity index (χ0) is 16.8. The third-order valence-corrected chi connectivity index (χ3v) is 4.91. The van der Waals surface area contributed by atoms with E-state index in [0.29, 0.717) is 0 Å². The molecule has 0 aliphatic heterocycles. The predicted molar refractivity (Wildman–Crippen MR) is 98.7 cm³/mol. The van der Waals surface area contributed by atoms with Crippen LogP contribution in [0.25, 0.3) is 39.1 Å². The van der Waals surface area contributed by atoms with Gasteiger partial charge in [0.15, 0.2) is 16.6 Å². The van der Waals surface area contributed by atoms with Crippen LogP contribution in [0.15, 0.2) is 60.2 Å². The number of hydrogen-bond acceptors (Lipinski definition) is 4. The molecule has 0 saturated heterocycles. The molecule has 1 N–H and O–H groups in total. The van der Waals surface area contributed by atoms with Gasteiger partial charge < -0.3 is 4.98 Å². The van der Waals surface area contributed by atoms with Crippen molar-refractivity contribution in [1.29, 1.82) is 0 Å². The van der Waals surface area contributed by atoms with Gasteiger partial charge in [-0.15, -0.1) is 11.3 Å². The van der Waals surface area contributed by atoms with Crippen molar-refractivity contribution in [3.8, 4) is 27.9 Å². The Morgan fingerprint density at radius 2 is 1.96 bits per heavy atom. The van der Waals surface area contributed by atoms with Crippen molar-refractivity contribution < 1.29 is 0 Å². The quantitative estimate of drug-likeness (QED) is 0.539. The lowest BCUT2D eigenvalue weighted by Crippen LogP contribution is -1.96. The molecule has 6 nitrogen and oxygen atoms in total. The first kappa shape index (κ1) is 14.2. The Balaban J connectivity index is 1.69. The van der Waals surface area contributed by atoms with Gasteiger partial charge in [-0.05, 0) is 12.1 Å². The summed E-state index contributed by atoms with van der Waals surface area (Å²) < 4.78 is 3.85. The summed E-state index contributed by atoms with van der Waals surface area (Å²) in [6.07, 6.45) is 3.80. The fraction of sp³-hybridized carbons (Fsp3) is 0.0556. The van der Waals surface area contributed by atoms with Crippen molar-refractivity contribution in [2.24, 2.45) is 7.05 Å². The molecule has 0 aliphatic rings. The Hall–Kier alpha value is -3.19. The van der Waals surface area contributed by atoms with Crippen LogP contribution in [0.3, 0.4) is 0 Å². The zero-order valence-electron chi connectivity index (χ0n) is 13.4. The van der Waals surface area contributed by atoms with Gasteiger partial charge in [0.1, 0.15) is 11.2 Å². The second-order valence-corrected chi connectivity index (χ2v) is 6.57. The molecule has 4 aromatic heterocycles. The molecule has 0 unspecified atom stereocenters. The largest absolute Gasteiger partial charge is 0.333 e. The van der Waals surface area contributed by atoms with Crippen LogP contribution in [0.2, 0.25) is 0 Å². The van der Waals surface area contributed by atoms with Crippen LogP contribution in [0.5, 0.6) is 0 Å². The van der Waals surface area contributed by atoms with Gasteiger partial charge in [0, 0.05) is 30.4 Å². The van der Waals surface area contributed by atoms with Gasteiger partial charge in [-0.2, -0.15) is 5.10 Å². The van der Waals surface area contributed by atoms with Crippen LogP contribution in [-0.2, 0) is 7.05 Å². The minimum Gasteiger partial charge on any atom is -0.333 e. The summed E-state index contributed by atoms with van der Waals surface area (Å²) in [7, 11) is 1.92. The molecule has 0 fully saturated rings. The van der Waals surface area contributed by atoms with Gasteiger partial charge in [0.25, 0.3) is 0 Å². The normalized spacial score (nSPS) is 11.4. The van der Waals surface area contributed by atoms with E-state index >= 15 is 0 Å². The summed E-state index contributed by atoms with van der Waals surface area (Å²) in [4.78, 5) is 12.6. The maximum absolute atomic E-state index is 4.77. The summed E-state index contributed by atoms with van der Waals surface area (Å²) in [6, 6.07) is 14.2. The number of H-pyrrole nitrogens is 1. The van der Waals surface area contributed by atoms with E-state index in [0.717, 1.165) is 39.1 Å². The molecule has 0 spiro atoms. The Kier molecular flexibility index (Phi) is 3.07. The zero-order valence-corrected chi connectivity index (χ0v) is 14.2. The topological polar surface area (TPSA) is 64.3 Å². The summed E-state index contributed by atoms with van der Waals surface area (Å²) in [5.41, 5.74) is 4.73. The van der Waals surface area contributed by atoms with Crippen molar-refractivity contribution in [3.05, 3.63) is 60.2 Å². The van der Waals surface area contributed by atoms with E-state index in [1.54, 1.807) is 17.5 Å². The molecule has 122 valence electrons. The molecule has 0 bridgehead atoms. The number of rotatable bonds is 3. The average Bonchev–Trinajstić information content (AvgIpc) is 3.40. The summed E-state index contributed by atoms with van der Waals surface area (Å²) in [6.45, 7) is 0. The predicted octanol–water partition coefficient (Wildman–Crippen LogP) is 3.88. The van der Waals surface area contributed by atoms with Gasteiger partial charge in [0.05, 0.1) is 5.69 Å². The van der Waals surface area contributed by atoms with Crippen LogP contribution in [0.1, 0.15) is 0 Å². The molecule has 0 saturated carbocycles. The third kappa shape index (κ3) is 2.20. The van der Waals surface area contributed by atoms with Crippen LogP contribution in [-0.4, -0.2) is 29.3 Å². The Morgan fingerprint density at radius 3 is 2.76 bits per heavy atom. The number of aryl methyl sites for hydroxylation is 1. The van der Waals surface area contributed by atoms with E-state index in [9.17, 15) is 0 Å². The third-order valence-electron chi connectivity index (χ3n) is 4.14. The van der Waals surface area contributed by atoms with Crippen molar-refractivity contribution in [1.82, 2.24) is 29.3 Å². The van der Waals surface area contributed by atoms with Gasteiger partial charge >= 0.3 is 0 Å². The Morgan fingerprint density at radius 1 is 1.08 bits per heavy atom. The van der Waals surface area contributed by atoms with Crippen LogP contribution in [0.4, 0.5) is 0 Å². The number of aromatic nitrogens is 6. The van der Waals surface area contributed by atoms with Crippen molar-refractivity contribution in [2.75, 3.05) is 0 Å². The minimum atomic E-state index is 0.806. The van der Waals surface area contributed by atoms with Crippen molar-refractivity contribution in [3.63, 3.8) is 0 Å². The molecular weight excluding hydrogens is 332 g/mol. The standard InChI is InChI=1S/C18H14N6S/c1-23-17-15(14(22-23)12-6-3-2-4-7-12)20-16(21-17)13-8-5-10-24(13)18-19-9-11-25-18/h2-11H,1H3,(H,20,21). The van der Waals surface area contributed by atoms with E-state index in [1.165, 1.54) is 0 Å². The SMILES string of the molecule is Cn1nc(-c2ccccc2)c2[nH]c(-c3cccn3-c3nccs3)nc21. The van der Waals surface area contributed by atoms with E-state index in [2.05, 4.69) is 27.2 Å². The maximum atomic E-state index is 4.77. The second kappa shape index (κ2) is 5.42. The molecule has 7 heteroatoms. The lowest BCUT2D eigenvalue weighted by molar-refractivity contribution is 0.790. The fourth-order valence-corrected chi connectivity index (χ4v) is 3.64. The van der Waals surface area contributed by atoms with Crippen LogP contribution < -0.4 is 0 Å². The molecule has 5 aromatic rings. The maximum Gasteiger partial charge on any atom is 0.194 e. The highest BCUT2D eigenvalue weighted by Crippen LogP contribution is 2.30. The number of aromatic amines is 1. The molecule has 0 amide bonds. The van der Waals surface area contributed by atoms with E-state index < -0.39 is 0 Å². The monoisotopic (exact) mass is 346 g/mol. The minimum absolute atomic E-state index is 0.806. The number of fused-ring (bicyclic) bond motifs is 1. The Labute approximate surface area is 147 Å². The smallest absolute Gasteiger partial charge is 0.194 e. The highest BCUT2D eigenvalue weighted by molar-refractivity contribution is 7.12. The Bertz CT molecular complexity index is 1150. The first-order chi connectivity index (χ1) is 12.3. The molecule has 4 heterocycles. The summed E-state index contributed by atoms with van der Waals surface area (Å²) in [5, 5.41) is 7.51. The summed E-state index contributed by atoms with van der Waals surface area (Å²) >= 11 is 1.59. The molecule has 1 aromatic carbocycles. The van der Waals surface area contributed by atoms with Gasteiger partial charge in [-0.3, -0.25) is 4.57 Å². The van der Waals surface area contributed by atoms with Crippen molar-refractivity contribution in [2.45, 2.75) is 0 Å². The van der Waals surface area contributed by atoms with E-state index in [-0.39, 0.29) is 0 Å². The van der Waals surface area contributed by atoms with Gasteiger partial charge in [-0.1, -0.05) is 30.3 Å². The molecule has 0 aliphatic carbocycles. The van der Waals surface area contributed by atoms with Gasteiger partial charge in [-0.25, -0.2) is 14.6 Å². The first-order valence-corrected chi connectivity index (χ1v) is 8.75. The number of hydrogen-bond donors (Lipinski definition) is 1. The number of imidazole rings is 1. The highest BCUT2D eigenvalue weighted by Gasteiger charge is 2.18. The lowest BCUT2D eigenvalue weighted by Gasteiger charge is -2.03. The lowest BCUT2D eigenvalue weighted by atomic mass is 10.1. The van der Waals surface area contributed by atoms with E-state index in [1.807, 2.05) is 58.2 Å². The van der Waals surface area contributed by atoms with E-state index in [4.69, 9.17) is 4.98 Å². The summed E-state index contributed by atoms with van der Waals surface area (Å²) in [5.74, 6) is 0.806. The number of benzene rings is 1. The van der Waals surface area contributed by atoms with Crippen LogP contribution >= 0.6 is 11.3 Å². The average molecular weight is 346 g/mol. The highest BCUT2D eigenvalue weighted by atomic mass is 32.1. The molecule has 0 atom stereocenters. The number of nitrogens with zero attached hydrogens (tertiary/aromatic N) is 5. The molecule has 5 rings (SSSR count). The van der Waals surface area contributed by atoms with Crippen LogP contribution in [0, 0.1) is 0 Å². The second-order valence-electron chi connectivity index (χ2n) is 5.70. The molecule has 25 heavy (non-hydrogen) atoms.